The van der Waals surface area contributed by atoms with Gasteiger partial charge in [0.15, 0.2) is 0 Å². The van der Waals surface area contributed by atoms with Crippen LogP contribution in [0.3, 0.4) is 0 Å². The Labute approximate surface area is 95.2 Å². The summed E-state index contributed by atoms with van der Waals surface area (Å²) >= 11 is 4.62. The average Bonchev–Trinajstić information content (AvgIpc) is 2.16. The van der Waals surface area contributed by atoms with E-state index in [9.17, 15) is 9.18 Å². The predicted octanol–water partition coefficient (Wildman–Crippen LogP) is 3.57. The van der Waals surface area contributed by atoms with Crippen LogP contribution >= 0.6 is 27.7 Å². The fourth-order valence-electron chi connectivity index (χ4n) is 1.14. The molecule has 0 heterocycles. The number of carbonyl (C=O) groups is 1. The molecule has 4 heteroatoms. The maximum atomic E-state index is 13.5. The number of benzene rings is 1. The lowest BCUT2D eigenvalue weighted by Gasteiger charge is -2.11. The van der Waals surface area contributed by atoms with E-state index in [2.05, 4.69) is 15.9 Å². The highest BCUT2D eigenvalue weighted by Crippen LogP contribution is 2.33. The first-order valence-corrected chi connectivity index (χ1v) is 6.19. The highest BCUT2D eigenvalue weighted by atomic mass is 79.9. The Morgan fingerprint density at radius 3 is 2.71 bits per heavy atom. The number of hydrogen-bond donors (Lipinski definition) is 0. The Bertz CT molecular complexity index is 354. The minimum atomic E-state index is -0.550. The summed E-state index contributed by atoms with van der Waals surface area (Å²) < 4.78 is 13.5. The molecule has 0 fully saturated rings. The van der Waals surface area contributed by atoms with E-state index < -0.39 is 4.83 Å². The third-order valence-electron chi connectivity index (χ3n) is 1.84. The van der Waals surface area contributed by atoms with Crippen molar-refractivity contribution >= 4 is 33.5 Å². The van der Waals surface area contributed by atoms with Crippen LogP contribution in [0, 0.1) is 5.82 Å². The highest BCUT2D eigenvalue weighted by molar-refractivity contribution is 9.09. The van der Waals surface area contributed by atoms with Crippen molar-refractivity contribution in [3.63, 3.8) is 0 Å². The molecule has 0 bridgehead atoms. The standard InChI is InChI=1S/C10H10BrFOS/c1-6(13)10(11)9-7(12)4-3-5-8(9)14-2/h3-5,10H,1-2H3. The van der Waals surface area contributed by atoms with Crippen molar-refractivity contribution in [2.45, 2.75) is 16.6 Å². The molecule has 0 N–H and O–H groups in total. The van der Waals surface area contributed by atoms with Crippen molar-refractivity contribution in [2.24, 2.45) is 0 Å². The maximum Gasteiger partial charge on any atom is 0.147 e. The van der Waals surface area contributed by atoms with Gasteiger partial charge in [-0.2, -0.15) is 0 Å². The molecule has 1 aromatic rings. The summed E-state index contributed by atoms with van der Waals surface area (Å²) in [6, 6.07) is 4.82. The number of rotatable bonds is 3. The topological polar surface area (TPSA) is 17.1 Å². The molecule has 1 unspecified atom stereocenters. The Morgan fingerprint density at radius 2 is 2.21 bits per heavy atom. The molecular weight excluding hydrogens is 267 g/mol. The molecule has 1 atom stereocenters. The van der Waals surface area contributed by atoms with Gasteiger partial charge in [0.25, 0.3) is 0 Å². The van der Waals surface area contributed by atoms with Gasteiger partial charge >= 0.3 is 0 Å². The van der Waals surface area contributed by atoms with Crippen LogP contribution in [0.4, 0.5) is 4.39 Å². The fraction of sp³-hybridized carbons (Fsp3) is 0.300. The molecule has 0 saturated heterocycles. The molecule has 0 aliphatic heterocycles. The Hall–Kier alpha value is -0.350. The largest absolute Gasteiger partial charge is 0.298 e. The second-order valence-electron chi connectivity index (χ2n) is 2.83. The van der Waals surface area contributed by atoms with Crippen LogP contribution in [-0.4, -0.2) is 12.0 Å². The predicted molar refractivity (Wildman–Crippen MR) is 60.5 cm³/mol. The van der Waals surface area contributed by atoms with Crippen molar-refractivity contribution < 1.29 is 9.18 Å². The fourth-order valence-corrected chi connectivity index (χ4v) is 2.41. The van der Waals surface area contributed by atoms with E-state index >= 15 is 0 Å². The normalized spacial score (nSPS) is 12.6. The number of alkyl halides is 1. The van der Waals surface area contributed by atoms with Gasteiger partial charge in [-0.15, -0.1) is 11.8 Å². The van der Waals surface area contributed by atoms with E-state index in [0.717, 1.165) is 4.90 Å². The average molecular weight is 277 g/mol. The molecule has 0 radical (unpaired) electrons. The van der Waals surface area contributed by atoms with Crippen LogP contribution in [0.1, 0.15) is 17.3 Å². The number of halogens is 2. The van der Waals surface area contributed by atoms with Crippen molar-refractivity contribution in [3.05, 3.63) is 29.6 Å². The Kier molecular flexibility index (Phi) is 4.13. The molecular formula is C10H10BrFOS. The number of thioether (sulfide) groups is 1. The Balaban J connectivity index is 3.23. The number of ketones is 1. The van der Waals surface area contributed by atoms with Crippen LogP contribution < -0.4 is 0 Å². The second-order valence-corrected chi connectivity index (χ2v) is 4.59. The van der Waals surface area contributed by atoms with Gasteiger partial charge in [-0.05, 0) is 25.3 Å². The molecule has 0 saturated carbocycles. The van der Waals surface area contributed by atoms with Crippen LogP contribution in [0.25, 0.3) is 0 Å². The zero-order valence-electron chi connectivity index (χ0n) is 7.88. The lowest BCUT2D eigenvalue weighted by Crippen LogP contribution is -2.05. The third kappa shape index (κ3) is 2.36. The molecule has 0 aliphatic carbocycles. The first kappa shape index (κ1) is 11.7. The van der Waals surface area contributed by atoms with Gasteiger partial charge in [-0.3, -0.25) is 4.79 Å². The minimum Gasteiger partial charge on any atom is -0.298 e. The van der Waals surface area contributed by atoms with Gasteiger partial charge < -0.3 is 0 Å². The summed E-state index contributed by atoms with van der Waals surface area (Å²) in [5.74, 6) is -0.431. The lowest BCUT2D eigenvalue weighted by molar-refractivity contribution is -0.116. The summed E-state index contributed by atoms with van der Waals surface area (Å²) in [5, 5.41) is 0. The van der Waals surface area contributed by atoms with E-state index in [0.29, 0.717) is 5.56 Å². The number of hydrogen-bond acceptors (Lipinski definition) is 2. The van der Waals surface area contributed by atoms with Gasteiger partial charge in [-0.1, -0.05) is 22.0 Å². The molecule has 76 valence electrons. The SMILES string of the molecule is CSc1cccc(F)c1C(Br)C(C)=O. The molecule has 0 spiro atoms. The van der Waals surface area contributed by atoms with Crippen molar-refractivity contribution in [1.82, 2.24) is 0 Å². The van der Waals surface area contributed by atoms with Crippen molar-refractivity contribution in [3.8, 4) is 0 Å². The van der Waals surface area contributed by atoms with Gasteiger partial charge in [0.05, 0.1) is 0 Å². The first-order chi connectivity index (χ1) is 6.57. The zero-order chi connectivity index (χ0) is 10.7. The minimum absolute atomic E-state index is 0.0922. The summed E-state index contributed by atoms with van der Waals surface area (Å²) in [5.41, 5.74) is 0.438. The summed E-state index contributed by atoms with van der Waals surface area (Å²) in [6.07, 6.45) is 1.86. The molecule has 1 rings (SSSR count). The lowest BCUT2D eigenvalue weighted by atomic mass is 10.1. The van der Waals surface area contributed by atoms with E-state index in [4.69, 9.17) is 0 Å². The van der Waals surface area contributed by atoms with Crippen LogP contribution in [0.2, 0.25) is 0 Å². The molecule has 14 heavy (non-hydrogen) atoms. The number of carbonyl (C=O) groups excluding carboxylic acids is 1. The van der Waals surface area contributed by atoms with Gasteiger partial charge in [0.2, 0.25) is 0 Å². The quantitative estimate of drug-likeness (QED) is 0.620. The maximum absolute atomic E-state index is 13.5. The zero-order valence-corrected chi connectivity index (χ0v) is 10.3. The molecule has 0 amide bonds. The van der Waals surface area contributed by atoms with E-state index in [-0.39, 0.29) is 11.6 Å². The molecule has 1 nitrogen and oxygen atoms in total. The second kappa shape index (κ2) is 4.94. The van der Waals surface area contributed by atoms with Crippen LogP contribution in [-0.2, 0) is 4.79 Å². The number of Topliss-reactive ketones (excluding diaryl/α,β-unsaturated/α-hetero) is 1. The van der Waals surface area contributed by atoms with Crippen LogP contribution in [0.5, 0.6) is 0 Å². The summed E-state index contributed by atoms with van der Waals surface area (Å²) in [6.45, 7) is 1.44. The van der Waals surface area contributed by atoms with E-state index in [1.807, 2.05) is 6.26 Å². The monoisotopic (exact) mass is 276 g/mol. The van der Waals surface area contributed by atoms with E-state index in [1.54, 1.807) is 12.1 Å². The first-order valence-electron chi connectivity index (χ1n) is 4.05. The van der Waals surface area contributed by atoms with Crippen molar-refractivity contribution in [2.75, 3.05) is 6.26 Å². The van der Waals surface area contributed by atoms with Gasteiger partial charge in [-0.25, -0.2) is 4.39 Å². The van der Waals surface area contributed by atoms with Gasteiger partial charge in [0.1, 0.15) is 16.4 Å². The van der Waals surface area contributed by atoms with Crippen LogP contribution in [0.15, 0.2) is 23.1 Å². The van der Waals surface area contributed by atoms with E-state index in [1.165, 1.54) is 24.8 Å². The third-order valence-corrected chi connectivity index (χ3v) is 3.74. The molecule has 1 aromatic carbocycles. The molecule has 0 aliphatic rings. The summed E-state index contributed by atoms with van der Waals surface area (Å²) in [4.78, 5) is 11.4. The molecule has 0 aromatic heterocycles. The van der Waals surface area contributed by atoms with Crippen molar-refractivity contribution in [1.29, 1.82) is 0 Å². The van der Waals surface area contributed by atoms with Gasteiger partial charge in [0, 0.05) is 10.5 Å². The Morgan fingerprint density at radius 1 is 1.57 bits per heavy atom. The smallest absolute Gasteiger partial charge is 0.147 e. The summed E-state index contributed by atoms with van der Waals surface area (Å²) in [7, 11) is 0. The highest BCUT2D eigenvalue weighted by Gasteiger charge is 2.20.